The van der Waals surface area contributed by atoms with Crippen molar-refractivity contribution in [2.24, 2.45) is 0 Å². The summed E-state index contributed by atoms with van der Waals surface area (Å²) in [5, 5.41) is 21.2. The van der Waals surface area contributed by atoms with E-state index >= 15 is 0 Å². The van der Waals surface area contributed by atoms with Gasteiger partial charge in [-0.05, 0) is 53.4 Å². The number of aliphatic hydroxyl groups excluding tert-OH is 2. The van der Waals surface area contributed by atoms with Crippen molar-refractivity contribution < 1.29 is 30.3 Å². The fourth-order valence-corrected chi connectivity index (χ4v) is 5.41. The third kappa shape index (κ3) is 8.42. The van der Waals surface area contributed by atoms with Gasteiger partial charge in [-0.15, -0.1) is 34.9 Å². The van der Waals surface area contributed by atoms with Gasteiger partial charge >= 0.3 is 0 Å². The summed E-state index contributed by atoms with van der Waals surface area (Å²) in [5.74, 6) is 0.531. The molecule has 0 aliphatic rings. The average molecular weight is 643 g/mol. The molecule has 0 aliphatic heterocycles. The van der Waals surface area contributed by atoms with Crippen molar-refractivity contribution in [3.8, 4) is 11.3 Å². The summed E-state index contributed by atoms with van der Waals surface area (Å²) in [6.07, 6.45) is 1.85. The van der Waals surface area contributed by atoms with Gasteiger partial charge in [-0.2, -0.15) is 0 Å². The first-order chi connectivity index (χ1) is 14.8. The number of aryl methyl sites for hydroxylation is 2. The number of fused-ring (bicyclic) bond motifs is 1. The minimum absolute atomic E-state index is 0. The Bertz CT molecular complexity index is 1030. The molecule has 1 heterocycles. The van der Waals surface area contributed by atoms with Gasteiger partial charge in [0, 0.05) is 26.3 Å². The minimum atomic E-state index is -1.47. The van der Waals surface area contributed by atoms with Gasteiger partial charge < -0.3 is 15.2 Å². The van der Waals surface area contributed by atoms with Gasteiger partial charge in [0.1, 0.15) is 0 Å². The van der Waals surface area contributed by atoms with Crippen molar-refractivity contribution in [3.63, 3.8) is 0 Å². The number of nitrogens with zero attached hydrogens (tertiary/aromatic N) is 1. The predicted octanol–water partition coefficient (Wildman–Crippen LogP) is 6.12. The summed E-state index contributed by atoms with van der Waals surface area (Å²) < 4.78 is 0. The van der Waals surface area contributed by atoms with E-state index < -0.39 is 8.07 Å². The zero-order chi connectivity index (χ0) is 24.2. The maximum atomic E-state index is 8.56. The van der Waals surface area contributed by atoms with Gasteiger partial charge in [0.15, 0.2) is 0 Å². The monoisotopic (exact) mass is 643 g/mol. The summed E-state index contributed by atoms with van der Waals surface area (Å²) in [7, 11) is -1.47. The van der Waals surface area contributed by atoms with Gasteiger partial charge in [0.25, 0.3) is 0 Å². The van der Waals surface area contributed by atoms with Crippen molar-refractivity contribution in [3.05, 3.63) is 59.3 Å². The number of pyridine rings is 1. The second-order valence-corrected chi connectivity index (χ2v) is 15.5. The van der Waals surface area contributed by atoms with E-state index in [1.54, 1.807) is 13.8 Å². The largest absolute Gasteiger partial charge is 0.393 e. The molecule has 3 nitrogen and oxygen atoms in total. The van der Waals surface area contributed by atoms with E-state index in [4.69, 9.17) is 15.2 Å². The molecule has 3 rings (SSSR count). The molecule has 2 unspecified atom stereocenters. The van der Waals surface area contributed by atoms with Crippen LogP contribution in [0.4, 0.5) is 0 Å². The van der Waals surface area contributed by atoms with E-state index in [-0.39, 0.29) is 32.3 Å². The molecule has 2 aromatic carbocycles. The quantitative estimate of drug-likeness (QED) is 0.261. The summed E-state index contributed by atoms with van der Waals surface area (Å²) in [5.41, 5.74) is 5.97. The summed E-state index contributed by atoms with van der Waals surface area (Å²) in [6, 6.07) is 14.8. The van der Waals surface area contributed by atoms with E-state index in [1.807, 2.05) is 0 Å². The van der Waals surface area contributed by atoms with Crippen molar-refractivity contribution >= 4 is 24.0 Å². The first-order valence-corrected chi connectivity index (χ1v) is 15.1. The van der Waals surface area contributed by atoms with Crippen LogP contribution in [0, 0.1) is 19.9 Å². The van der Waals surface area contributed by atoms with Crippen molar-refractivity contribution in [1.29, 1.82) is 0 Å². The van der Waals surface area contributed by atoms with Crippen LogP contribution in [0.3, 0.4) is 0 Å². The Hall–Kier alpha value is -1.36. The Balaban J connectivity index is 0.000000595. The SMILES string of the molecule is CC(O)CC(C)O.Cc1[c-]c(-c2ncc([Si](C)(C)C)c3cc(C(C)C)ccc23)cc(C)c1.[Ir]. The predicted molar refractivity (Wildman–Crippen MR) is 141 cm³/mol. The van der Waals surface area contributed by atoms with Gasteiger partial charge in [0.05, 0.1) is 20.3 Å². The summed E-state index contributed by atoms with van der Waals surface area (Å²) in [6.45, 7) is 19.3. The Labute approximate surface area is 215 Å². The second kappa shape index (κ2) is 12.4. The Morgan fingerprint density at radius 3 is 1.97 bits per heavy atom. The minimum Gasteiger partial charge on any atom is -0.393 e. The smallest absolute Gasteiger partial charge is 0.0803 e. The summed E-state index contributed by atoms with van der Waals surface area (Å²) in [4.78, 5) is 4.90. The molecule has 2 atom stereocenters. The Morgan fingerprint density at radius 1 is 0.909 bits per heavy atom. The average Bonchev–Trinajstić information content (AvgIpc) is 2.64. The van der Waals surface area contributed by atoms with Crippen LogP contribution in [0.1, 0.15) is 56.7 Å². The molecule has 0 saturated heterocycles. The molecule has 1 radical (unpaired) electrons. The second-order valence-electron chi connectivity index (χ2n) is 10.4. The molecule has 0 bridgehead atoms. The third-order valence-corrected chi connectivity index (χ3v) is 7.49. The maximum absolute atomic E-state index is 8.56. The number of hydrogen-bond acceptors (Lipinski definition) is 3. The van der Waals surface area contributed by atoms with E-state index in [9.17, 15) is 0 Å². The van der Waals surface area contributed by atoms with Crippen molar-refractivity contribution in [1.82, 2.24) is 4.98 Å². The van der Waals surface area contributed by atoms with Crippen LogP contribution >= 0.6 is 0 Å². The van der Waals surface area contributed by atoms with E-state index in [0.29, 0.717) is 12.3 Å². The van der Waals surface area contributed by atoms with Crippen LogP contribution in [-0.2, 0) is 20.1 Å². The molecule has 3 aromatic rings. The molecule has 33 heavy (non-hydrogen) atoms. The summed E-state index contributed by atoms with van der Waals surface area (Å²) >= 11 is 0. The molecule has 0 saturated carbocycles. The zero-order valence-electron chi connectivity index (χ0n) is 21.6. The van der Waals surface area contributed by atoms with Gasteiger partial charge in [-0.1, -0.05) is 65.5 Å². The van der Waals surface area contributed by atoms with Gasteiger partial charge in [0.2, 0.25) is 0 Å². The first-order valence-electron chi connectivity index (χ1n) is 11.6. The molecular weight excluding hydrogens is 603 g/mol. The number of aromatic nitrogens is 1. The van der Waals surface area contributed by atoms with Gasteiger partial charge in [-0.25, -0.2) is 0 Å². The Kier molecular flexibility index (Phi) is 11.1. The first kappa shape index (κ1) is 29.7. The molecule has 1 aromatic heterocycles. The number of hydrogen-bond donors (Lipinski definition) is 2. The van der Waals surface area contributed by atoms with E-state index in [2.05, 4.69) is 89.9 Å². The standard InChI is InChI=1S/C23H28NSi.C5H12O2.Ir/c1-15(2)18-8-9-20-21(13-18)22(25(5,6)7)14-24-23(20)19-11-16(3)10-17(4)12-19;1-4(6)3-5(2)7;/h8-11,13-15H,1-7H3;4-7H,3H2,1-2H3;/q-1;;. The molecule has 2 N–H and O–H groups in total. The van der Waals surface area contributed by atoms with Crippen LogP contribution in [0.5, 0.6) is 0 Å². The fraction of sp³-hybridized carbons (Fsp3) is 0.464. The number of benzene rings is 2. The molecule has 0 fully saturated rings. The molecule has 0 spiro atoms. The zero-order valence-corrected chi connectivity index (χ0v) is 25.0. The number of aliphatic hydroxyl groups is 2. The topological polar surface area (TPSA) is 53.4 Å². The Morgan fingerprint density at radius 2 is 1.52 bits per heavy atom. The molecule has 5 heteroatoms. The van der Waals surface area contributed by atoms with E-state index in [1.165, 1.54) is 27.1 Å². The molecule has 0 amide bonds. The van der Waals surface area contributed by atoms with Crippen LogP contribution in [0.15, 0.2) is 36.5 Å². The van der Waals surface area contributed by atoms with Gasteiger partial charge in [-0.3, -0.25) is 0 Å². The molecule has 0 aliphatic carbocycles. The number of rotatable bonds is 5. The van der Waals surface area contributed by atoms with E-state index in [0.717, 1.165) is 16.8 Å². The molecule has 183 valence electrons. The van der Waals surface area contributed by atoms with Crippen molar-refractivity contribution in [2.75, 3.05) is 0 Å². The maximum Gasteiger partial charge on any atom is 0.0803 e. The van der Waals surface area contributed by atoms with Crippen LogP contribution in [0.25, 0.3) is 22.0 Å². The third-order valence-electron chi connectivity index (χ3n) is 5.47. The normalized spacial score (nSPS) is 13.2. The van der Waals surface area contributed by atoms with Crippen molar-refractivity contribution in [2.45, 2.75) is 85.7 Å². The van der Waals surface area contributed by atoms with Crippen LogP contribution in [-0.4, -0.2) is 35.5 Å². The molecular formula is C28H40IrNO2Si-. The van der Waals surface area contributed by atoms with Crippen LogP contribution in [0.2, 0.25) is 19.6 Å². The van der Waals surface area contributed by atoms with Crippen LogP contribution < -0.4 is 5.19 Å². The fourth-order valence-electron chi connectivity index (χ4n) is 3.95.